The number of hydrogen-bond acceptors (Lipinski definition) is 4. The van der Waals surface area contributed by atoms with Gasteiger partial charge in [0, 0.05) is 18.0 Å². The summed E-state index contributed by atoms with van der Waals surface area (Å²) in [5.41, 5.74) is -0.0828. The molecule has 1 aromatic carbocycles. The van der Waals surface area contributed by atoms with E-state index in [-0.39, 0.29) is 11.8 Å². The Kier molecular flexibility index (Phi) is 12.1. The molecule has 0 aromatic heterocycles. The number of hydrogen-bond donors (Lipinski definition) is 2. The lowest BCUT2D eigenvalue weighted by molar-refractivity contribution is -0.121. The van der Waals surface area contributed by atoms with Crippen LogP contribution >= 0.6 is 0 Å². The highest BCUT2D eigenvalue weighted by atomic mass is 16.5. The van der Waals surface area contributed by atoms with Crippen LogP contribution in [0, 0.1) is 17.8 Å². The highest BCUT2D eigenvalue weighted by Crippen LogP contribution is 2.38. The summed E-state index contributed by atoms with van der Waals surface area (Å²) < 4.78 is 5.21. The van der Waals surface area contributed by atoms with E-state index in [9.17, 15) is 14.7 Å². The van der Waals surface area contributed by atoms with Crippen LogP contribution < -0.4 is 5.32 Å². The molecular formula is C29H43NO4. The third kappa shape index (κ3) is 10.3. The molecule has 1 aromatic rings. The number of ether oxygens (including phenoxy) is 1. The van der Waals surface area contributed by atoms with Crippen molar-refractivity contribution in [3.8, 4) is 0 Å². The Bertz CT molecular complexity index is 800. The fourth-order valence-electron chi connectivity index (χ4n) is 4.53. The summed E-state index contributed by atoms with van der Waals surface area (Å²) >= 11 is 0. The molecule has 0 heterocycles. The minimum atomic E-state index is -0.805. The van der Waals surface area contributed by atoms with Crippen molar-refractivity contribution in [3.63, 3.8) is 0 Å². The molecule has 0 bridgehead atoms. The molecule has 0 unspecified atom stereocenters. The van der Waals surface area contributed by atoms with Crippen LogP contribution in [0.5, 0.6) is 0 Å². The van der Waals surface area contributed by atoms with Gasteiger partial charge < -0.3 is 9.84 Å². The van der Waals surface area contributed by atoms with Crippen molar-refractivity contribution in [2.45, 2.75) is 84.2 Å². The van der Waals surface area contributed by atoms with E-state index in [1.807, 2.05) is 43.3 Å². The van der Waals surface area contributed by atoms with Crippen molar-refractivity contribution >= 4 is 17.6 Å². The standard InChI is InChI=1S/C29H43NO4/c1-4-5-13-19-29(3,33)20-18-25-23(2)22-27(31)26(25)17-12-7-6-8-14-21-34-28(32)30-24-15-10-9-11-16-24/h7,9-12,15-16,18,20,23,25-26,33H,4-6,8,13-14,17,19,21-22H2,1-3H3,(H,30,32)/b12-7-,20-18+/t23-,25+,26-,29+/m1/s1. The Morgan fingerprint density at radius 1 is 1.18 bits per heavy atom. The molecular weight excluding hydrogens is 426 g/mol. The second-order valence-corrected chi connectivity index (χ2v) is 9.83. The third-order valence-corrected chi connectivity index (χ3v) is 6.60. The maximum Gasteiger partial charge on any atom is 0.411 e. The van der Waals surface area contributed by atoms with Gasteiger partial charge in [-0.15, -0.1) is 0 Å². The maximum atomic E-state index is 12.5. The van der Waals surface area contributed by atoms with Gasteiger partial charge >= 0.3 is 6.09 Å². The number of anilines is 1. The first kappa shape index (κ1) is 27.8. The SMILES string of the molecule is CCCCC[C@](C)(O)/C=C/[C@H]1[C@H](C)CC(=O)[C@@H]1C/C=C\CCCCOC(=O)Nc1ccccc1. The zero-order valence-electron chi connectivity index (χ0n) is 21.2. The molecule has 1 saturated carbocycles. The van der Waals surface area contributed by atoms with E-state index >= 15 is 0 Å². The second kappa shape index (κ2) is 14.8. The maximum absolute atomic E-state index is 12.5. The van der Waals surface area contributed by atoms with Crippen molar-refractivity contribution in [3.05, 3.63) is 54.6 Å². The first-order valence-electron chi connectivity index (χ1n) is 12.9. The number of unbranched alkanes of at least 4 members (excludes halogenated alkanes) is 4. The minimum Gasteiger partial charge on any atom is -0.449 e. The summed E-state index contributed by atoms with van der Waals surface area (Å²) in [4.78, 5) is 24.3. The summed E-state index contributed by atoms with van der Waals surface area (Å²) in [6.07, 6.45) is 15.8. The Labute approximate surface area is 205 Å². The smallest absolute Gasteiger partial charge is 0.411 e. The molecule has 34 heavy (non-hydrogen) atoms. The van der Waals surface area contributed by atoms with Gasteiger partial charge in [0.1, 0.15) is 5.78 Å². The Balaban J connectivity index is 1.68. The van der Waals surface area contributed by atoms with Gasteiger partial charge in [-0.2, -0.15) is 0 Å². The number of rotatable bonds is 14. The van der Waals surface area contributed by atoms with Crippen LogP contribution in [0.15, 0.2) is 54.6 Å². The lowest BCUT2D eigenvalue weighted by atomic mass is 9.85. The number of nitrogens with one attached hydrogen (secondary N) is 1. The lowest BCUT2D eigenvalue weighted by Crippen LogP contribution is -2.22. The van der Waals surface area contributed by atoms with Gasteiger partial charge in [-0.05, 0) is 63.0 Å². The van der Waals surface area contributed by atoms with Crippen LogP contribution in [-0.2, 0) is 9.53 Å². The first-order chi connectivity index (χ1) is 16.3. The Morgan fingerprint density at radius 3 is 2.68 bits per heavy atom. The van der Waals surface area contributed by atoms with Crippen LogP contribution in [0.3, 0.4) is 0 Å². The summed E-state index contributed by atoms with van der Waals surface area (Å²) in [5, 5.41) is 13.3. The monoisotopic (exact) mass is 469 g/mol. The number of ketones is 1. The van der Waals surface area contributed by atoms with Gasteiger partial charge in [-0.1, -0.05) is 75.6 Å². The zero-order valence-corrected chi connectivity index (χ0v) is 21.2. The van der Waals surface area contributed by atoms with Crippen LogP contribution in [-0.4, -0.2) is 29.2 Å². The number of benzene rings is 1. The van der Waals surface area contributed by atoms with E-state index in [4.69, 9.17) is 4.74 Å². The van der Waals surface area contributed by atoms with Crippen LogP contribution in [0.25, 0.3) is 0 Å². The largest absolute Gasteiger partial charge is 0.449 e. The molecule has 188 valence electrons. The molecule has 1 amide bonds. The molecule has 1 aliphatic rings. The van der Waals surface area contributed by atoms with Gasteiger partial charge in [0.25, 0.3) is 0 Å². The molecule has 5 heteroatoms. The zero-order chi connectivity index (χ0) is 24.8. The van der Waals surface area contributed by atoms with Crippen molar-refractivity contribution in [1.82, 2.24) is 0 Å². The predicted molar refractivity (Wildman–Crippen MR) is 139 cm³/mol. The fraction of sp³-hybridized carbons (Fsp3) is 0.586. The number of carbonyl (C=O) groups is 2. The molecule has 2 N–H and O–H groups in total. The number of aliphatic hydroxyl groups is 1. The minimum absolute atomic E-state index is 0.000965. The quantitative estimate of drug-likeness (QED) is 0.225. The average Bonchev–Trinajstić information content (AvgIpc) is 3.07. The third-order valence-electron chi connectivity index (χ3n) is 6.60. The van der Waals surface area contributed by atoms with E-state index in [2.05, 4.69) is 37.4 Å². The molecule has 0 saturated heterocycles. The van der Waals surface area contributed by atoms with Crippen LogP contribution in [0.1, 0.15) is 78.6 Å². The lowest BCUT2D eigenvalue weighted by Gasteiger charge is -2.22. The van der Waals surface area contributed by atoms with Crippen molar-refractivity contribution in [2.75, 3.05) is 11.9 Å². The molecule has 1 aliphatic carbocycles. The fourth-order valence-corrected chi connectivity index (χ4v) is 4.53. The molecule has 1 fully saturated rings. The van der Waals surface area contributed by atoms with Gasteiger partial charge in [0.15, 0.2) is 0 Å². The van der Waals surface area contributed by atoms with E-state index in [1.54, 1.807) is 0 Å². The van der Waals surface area contributed by atoms with E-state index < -0.39 is 11.7 Å². The molecule has 0 radical (unpaired) electrons. The number of allylic oxidation sites excluding steroid dienone is 3. The van der Waals surface area contributed by atoms with E-state index in [0.29, 0.717) is 24.7 Å². The predicted octanol–water partition coefficient (Wildman–Crippen LogP) is 7.08. The highest BCUT2D eigenvalue weighted by Gasteiger charge is 2.37. The summed E-state index contributed by atoms with van der Waals surface area (Å²) in [6.45, 7) is 6.55. The average molecular weight is 470 g/mol. The van der Waals surface area contributed by atoms with E-state index in [1.165, 1.54) is 0 Å². The summed E-state index contributed by atoms with van der Waals surface area (Å²) in [7, 11) is 0. The topological polar surface area (TPSA) is 75.6 Å². The Morgan fingerprint density at radius 2 is 1.94 bits per heavy atom. The van der Waals surface area contributed by atoms with Crippen molar-refractivity contribution in [1.29, 1.82) is 0 Å². The van der Waals surface area contributed by atoms with Crippen LogP contribution in [0.4, 0.5) is 10.5 Å². The summed E-state index contributed by atoms with van der Waals surface area (Å²) in [6, 6.07) is 9.25. The van der Waals surface area contributed by atoms with Crippen molar-refractivity contribution in [2.24, 2.45) is 17.8 Å². The number of amides is 1. The number of carbonyl (C=O) groups excluding carboxylic acids is 2. The number of para-hydroxylation sites is 1. The summed E-state index contributed by atoms with van der Waals surface area (Å²) in [5.74, 6) is 0.827. The molecule has 0 aliphatic heterocycles. The molecule has 2 rings (SSSR count). The normalized spacial score (nSPS) is 22.4. The second-order valence-electron chi connectivity index (χ2n) is 9.83. The van der Waals surface area contributed by atoms with Gasteiger partial charge in [-0.3, -0.25) is 10.1 Å². The number of Topliss-reactive ketones (excluding diaryl/α,β-unsaturated/α-hetero) is 1. The molecule has 0 spiro atoms. The van der Waals surface area contributed by atoms with Gasteiger partial charge in [0.2, 0.25) is 0 Å². The molecule has 5 nitrogen and oxygen atoms in total. The van der Waals surface area contributed by atoms with E-state index in [0.717, 1.165) is 57.1 Å². The van der Waals surface area contributed by atoms with Crippen molar-refractivity contribution < 1.29 is 19.4 Å². The Hall–Kier alpha value is -2.40. The van der Waals surface area contributed by atoms with Crippen LogP contribution in [0.2, 0.25) is 0 Å². The van der Waals surface area contributed by atoms with Gasteiger partial charge in [-0.25, -0.2) is 4.79 Å². The first-order valence-corrected chi connectivity index (χ1v) is 12.9. The van der Waals surface area contributed by atoms with Gasteiger partial charge in [0.05, 0.1) is 12.2 Å². The molecule has 4 atom stereocenters. The highest BCUT2D eigenvalue weighted by molar-refractivity contribution is 5.84.